The third kappa shape index (κ3) is 3.74. The summed E-state index contributed by atoms with van der Waals surface area (Å²) in [4.78, 5) is 26.5. The Labute approximate surface area is 138 Å². The van der Waals surface area contributed by atoms with Gasteiger partial charge in [0.1, 0.15) is 0 Å². The first-order chi connectivity index (χ1) is 11.1. The molecule has 23 heavy (non-hydrogen) atoms. The van der Waals surface area contributed by atoms with Crippen molar-refractivity contribution in [1.82, 2.24) is 4.90 Å². The molecular formula is C19H26N2O2. The zero-order chi connectivity index (χ0) is 16.2. The molecule has 0 aromatic heterocycles. The van der Waals surface area contributed by atoms with Gasteiger partial charge in [0.15, 0.2) is 0 Å². The van der Waals surface area contributed by atoms with Crippen molar-refractivity contribution < 1.29 is 9.59 Å². The third-order valence-electron chi connectivity index (χ3n) is 5.21. The Morgan fingerprint density at radius 3 is 2.43 bits per heavy atom. The Hall–Kier alpha value is -1.84. The lowest BCUT2D eigenvalue weighted by Crippen LogP contribution is -2.41. The number of hydrogen-bond donors (Lipinski definition) is 1. The van der Waals surface area contributed by atoms with E-state index in [2.05, 4.69) is 0 Å². The fourth-order valence-corrected chi connectivity index (χ4v) is 3.90. The van der Waals surface area contributed by atoms with E-state index in [0.29, 0.717) is 6.42 Å². The summed E-state index contributed by atoms with van der Waals surface area (Å²) in [5, 5.41) is 0. The maximum atomic E-state index is 12.6. The van der Waals surface area contributed by atoms with Crippen molar-refractivity contribution in [2.75, 3.05) is 5.73 Å². The summed E-state index contributed by atoms with van der Waals surface area (Å²) in [7, 11) is 0. The fraction of sp³-hybridized carbons (Fsp3) is 0.579. The fourth-order valence-electron chi connectivity index (χ4n) is 3.90. The average Bonchev–Trinajstić information content (AvgIpc) is 2.84. The van der Waals surface area contributed by atoms with E-state index in [1.54, 1.807) is 4.90 Å². The summed E-state index contributed by atoms with van der Waals surface area (Å²) in [5.74, 6) is 0.0387. The van der Waals surface area contributed by atoms with Crippen LogP contribution in [0.2, 0.25) is 0 Å². The van der Waals surface area contributed by atoms with Crippen LogP contribution in [0.5, 0.6) is 0 Å². The standard InChI is InChI=1S/C19H26N2O2/c20-16-11-9-14(10-12-16)5-4-6-15-13-18(22)21(19(15)23)17-7-2-1-3-8-17/h9-12,15,17H,1-8,13,20H2. The van der Waals surface area contributed by atoms with Crippen molar-refractivity contribution in [1.29, 1.82) is 0 Å². The minimum Gasteiger partial charge on any atom is -0.399 e. The number of nitrogen functional groups attached to an aromatic ring is 1. The van der Waals surface area contributed by atoms with Crippen molar-refractivity contribution >= 4 is 17.5 Å². The van der Waals surface area contributed by atoms with Gasteiger partial charge in [-0.3, -0.25) is 14.5 Å². The van der Waals surface area contributed by atoms with Crippen molar-refractivity contribution in [2.45, 2.75) is 63.8 Å². The van der Waals surface area contributed by atoms with Crippen molar-refractivity contribution in [3.63, 3.8) is 0 Å². The number of benzene rings is 1. The zero-order valence-electron chi connectivity index (χ0n) is 13.7. The summed E-state index contributed by atoms with van der Waals surface area (Å²) in [5.41, 5.74) is 7.69. The molecule has 1 aliphatic carbocycles. The number of amides is 2. The van der Waals surface area contributed by atoms with E-state index < -0.39 is 0 Å². The van der Waals surface area contributed by atoms with E-state index in [0.717, 1.165) is 50.6 Å². The summed E-state index contributed by atoms with van der Waals surface area (Å²) in [6.45, 7) is 0. The number of imide groups is 1. The first-order valence-corrected chi connectivity index (χ1v) is 8.85. The second kappa shape index (κ2) is 7.16. The first-order valence-electron chi connectivity index (χ1n) is 8.85. The molecule has 4 nitrogen and oxygen atoms in total. The number of rotatable bonds is 5. The number of aryl methyl sites for hydroxylation is 1. The summed E-state index contributed by atoms with van der Waals surface area (Å²) >= 11 is 0. The maximum absolute atomic E-state index is 12.6. The highest BCUT2D eigenvalue weighted by atomic mass is 16.2. The zero-order valence-corrected chi connectivity index (χ0v) is 13.7. The molecule has 4 heteroatoms. The SMILES string of the molecule is Nc1ccc(CCCC2CC(=O)N(C3CCCCC3)C2=O)cc1. The smallest absolute Gasteiger partial charge is 0.233 e. The second-order valence-corrected chi connectivity index (χ2v) is 6.93. The molecule has 1 unspecified atom stereocenters. The highest BCUT2D eigenvalue weighted by Gasteiger charge is 2.41. The van der Waals surface area contributed by atoms with Gasteiger partial charge in [0.25, 0.3) is 0 Å². The second-order valence-electron chi connectivity index (χ2n) is 6.93. The van der Waals surface area contributed by atoms with Crippen LogP contribution in [0.15, 0.2) is 24.3 Å². The van der Waals surface area contributed by atoms with Gasteiger partial charge in [0.2, 0.25) is 11.8 Å². The maximum Gasteiger partial charge on any atom is 0.233 e. The number of carbonyl (C=O) groups is 2. The highest BCUT2D eigenvalue weighted by molar-refractivity contribution is 6.03. The molecule has 2 fully saturated rings. The summed E-state index contributed by atoms with van der Waals surface area (Å²) in [6.07, 6.45) is 8.60. The van der Waals surface area contributed by atoms with E-state index >= 15 is 0 Å². The number of nitrogens with two attached hydrogens (primary N) is 1. The Balaban J connectivity index is 1.51. The van der Waals surface area contributed by atoms with Gasteiger partial charge in [0.05, 0.1) is 0 Å². The predicted octanol–water partition coefficient (Wildman–Crippen LogP) is 3.30. The van der Waals surface area contributed by atoms with Crippen LogP contribution in [-0.4, -0.2) is 22.8 Å². The van der Waals surface area contributed by atoms with E-state index in [9.17, 15) is 9.59 Å². The number of nitrogens with zero attached hydrogens (tertiary/aromatic N) is 1. The van der Waals surface area contributed by atoms with E-state index in [1.165, 1.54) is 12.0 Å². The molecule has 1 aliphatic heterocycles. The van der Waals surface area contributed by atoms with E-state index in [1.807, 2.05) is 24.3 Å². The first kappa shape index (κ1) is 16.0. The molecule has 1 saturated carbocycles. The predicted molar refractivity (Wildman–Crippen MR) is 90.6 cm³/mol. The monoisotopic (exact) mass is 314 g/mol. The van der Waals surface area contributed by atoms with E-state index in [-0.39, 0.29) is 23.8 Å². The average molecular weight is 314 g/mol. The molecule has 3 rings (SSSR count). The van der Waals surface area contributed by atoms with Crippen LogP contribution in [-0.2, 0) is 16.0 Å². The van der Waals surface area contributed by atoms with Crippen LogP contribution in [0.1, 0.15) is 56.9 Å². The minimum atomic E-state index is -0.0989. The molecule has 1 atom stereocenters. The largest absolute Gasteiger partial charge is 0.399 e. The van der Waals surface area contributed by atoms with Crippen LogP contribution in [0.4, 0.5) is 5.69 Å². The number of hydrogen-bond acceptors (Lipinski definition) is 3. The lowest BCUT2D eigenvalue weighted by Gasteiger charge is -2.29. The van der Waals surface area contributed by atoms with Crippen LogP contribution in [0.3, 0.4) is 0 Å². The van der Waals surface area contributed by atoms with Gasteiger partial charge in [-0.15, -0.1) is 0 Å². The lowest BCUT2D eigenvalue weighted by molar-refractivity contribution is -0.142. The molecule has 2 aliphatic rings. The topological polar surface area (TPSA) is 63.4 Å². The molecule has 1 aromatic rings. The Morgan fingerprint density at radius 1 is 1.04 bits per heavy atom. The van der Waals surface area contributed by atoms with Gasteiger partial charge < -0.3 is 5.73 Å². The number of anilines is 1. The molecule has 2 amide bonds. The van der Waals surface area contributed by atoms with Crippen LogP contribution in [0.25, 0.3) is 0 Å². The van der Waals surface area contributed by atoms with Crippen molar-refractivity contribution in [3.8, 4) is 0 Å². The quantitative estimate of drug-likeness (QED) is 0.670. The number of likely N-dealkylation sites (tertiary alicyclic amines) is 1. The minimum absolute atomic E-state index is 0.0550. The van der Waals surface area contributed by atoms with Gasteiger partial charge in [0, 0.05) is 24.1 Å². The summed E-state index contributed by atoms with van der Waals surface area (Å²) in [6, 6.07) is 8.05. The Kier molecular flexibility index (Phi) is 4.99. The molecule has 0 spiro atoms. The van der Waals surface area contributed by atoms with Crippen LogP contribution in [0, 0.1) is 5.92 Å². The molecule has 1 aromatic carbocycles. The molecule has 0 radical (unpaired) electrons. The molecule has 0 bridgehead atoms. The van der Waals surface area contributed by atoms with Crippen molar-refractivity contribution in [3.05, 3.63) is 29.8 Å². The molecule has 1 heterocycles. The van der Waals surface area contributed by atoms with Gasteiger partial charge in [-0.05, 0) is 49.8 Å². The number of carbonyl (C=O) groups excluding carboxylic acids is 2. The third-order valence-corrected chi connectivity index (χ3v) is 5.21. The molecular weight excluding hydrogens is 288 g/mol. The summed E-state index contributed by atoms with van der Waals surface area (Å²) < 4.78 is 0. The highest BCUT2D eigenvalue weighted by Crippen LogP contribution is 2.31. The van der Waals surface area contributed by atoms with Crippen molar-refractivity contribution in [2.24, 2.45) is 5.92 Å². The molecule has 1 saturated heterocycles. The van der Waals surface area contributed by atoms with Gasteiger partial charge in [-0.1, -0.05) is 31.4 Å². The Morgan fingerprint density at radius 2 is 1.74 bits per heavy atom. The Bertz CT molecular complexity index is 561. The lowest BCUT2D eigenvalue weighted by atomic mass is 9.94. The van der Waals surface area contributed by atoms with Crippen LogP contribution >= 0.6 is 0 Å². The van der Waals surface area contributed by atoms with Gasteiger partial charge in [-0.2, -0.15) is 0 Å². The van der Waals surface area contributed by atoms with E-state index in [4.69, 9.17) is 5.73 Å². The van der Waals surface area contributed by atoms with Gasteiger partial charge >= 0.3 is 0 Å². The molecule has 124 valence electrons. The van der Waals surface area contributed by atoms with Gasteiger partial charge in [-0.25, -0.2) is 0 Å². The molecule has 2 N–H and O–H groups in total. The van der Waals surface area contributed by atoms with Crippen LogP contribution < -0.4 is 5.73 Å². The normalized spacial score (nSPS) is 22.8.